The first-order valence-electron chi connectivity index (χ1n) is 5.33. The predicted molar refractivity (Wildman–Crippen MR) is 72.8 cm³/mol. The number of carbonyl (C=O) groups excluding carboxylic acids is 1. The minimum absolute atomic E-state index is 0.207. The summed E-state index contributed by atoms with van der Waals surface area (Å²) in [6.45, 7) is 0. The number of benzene rings is 1. The minimum atomic E-state index is -0.207. The van der Waals surface area contributed by atoms with E-state index in [9.17, 15) is 4.79 Å². The van der Waals surface area contributed by atoms with Gasteiger partial charge in [0.15, 0.2) is 0 Å². The van der Waals surface area contributed by atoms with Gasteiger partial charge in [-0.25, -0.2) is 0 Å². The van der Waals surface area contributed by atoms with Crippen LogP contribution < -0.4 is 10.6 Å². The molecule has 1 aromatic carbocycles. The third-order valence-corrected chi connectivity index (χ3v) is 2.97. The molecule has 1 heterocycles. The summed E-state index contributed by atoms with van der Waals surface area (Å²) in [4.78, 5) is 17.7. The average Bonchev–Trinajstić information content (AvgIpc) is 2.41. The van der Waals surface area contributed by atoms with Gasteiger partial charge in [0.1, 0.15) is 0 Å². The summed E-state index contributed by atoms with van der Waals surface area (Å²) in [5, 5.41) is 0.379. The van der Waals surface area contributed by atoms with E-state index in [0.717, 1.165) is 5.69 Å². The number of anilines is 2. The van der Waals surface area contributed by atoms with Crippen LogP contribution in [0.4, 0.5) is 11.4 Å². The predicted octanol–water partition coefficient (Wildman–Crippen LogP) is 2.59. The Morgan fingerprint density at radius 1 is 1.28 bits per heavy atom. The molecule has 0 atom stereocenters. The second kappa shape index (κ2) is 5.06. The molecule has 1 aromatic heterocycles. The van der Waals surface area contributed by atoms with E-state index in [4.69, 9.17) is 17.3 Å². The maximum absolute atomic E-state index is 12.3. The fourth-order valence-corrected chi connectivity index (χ4v) is 1.76. The SMILES string of the molecule is CN(C(=O)c1cccc(Cl)c1N)c1ccncc1. The van der Waals surface area contributed by atoms with E-state index in [2.05, 4.69) is 4.98 Å². The lowest BCUT2D eigenvalue weighted by molar-refractivity contribution is 0.0994. The number of hydrogen-bond acceptors (Lipinski definition) is 3. The maximum Gasteiger partial charge on any atom is 0.260 e. The highest BCUT2D eigenvalue weighted by atomic mass is 35.5. The number of rotatable bonds is 2. The third kappa shape index (κ3) is 2.28. The third-order valence-electron chi connectivity index (χ3n) is 2.64. The first-order valence-corrected chi connectivity index (χ1v) is 5.71. The topological polar surface area (TPSA) is 59.2 Å². The minimum Gasteiger partial charge on any atom is -0.397 e. The Balaban J connectivity index is 2.35. The van der Waals surface area contributed by atoms with Gasteiger partial charge in [0.05, 0.1) is 16.3 Å². The lowest BCUT2D eigenvalue weighted by Crippen LogP contribution is -2.27. The molecule has 1 amide bonds. The molecule has 0 aliphatic heterocycles. The number of nitrogen functional groups attached to an aromatic ring is 1. The van der Waals surface area contributed by atoms with Crippen LogP contribution in [0.25, 0.3) is 0 Å². The highest BCUT2D eigenvalue weighted by Gasteiger charge is 2.17. The normalized spacial score (nSPS) is 10.1. The summed E-state index contributed by atoms with van der Waals surface area (Å²) < 4.78 is 0. The number of aromatic nitrogens is 1. The second-order valence-electron chi connectivity index (χ2n) is 3.77. The van der Waals surface area contributed by atoms with E-state index in [1.165, 1.54) is 4.90 Å². The van der Waals surface area contributed by atoms with Gasteiger partial charge in [-0.1, -0.05) is 17.7 Å². The average molecular weight is 262 g/mol. The molecule has 0 aliphatic rings. The van der Waals surface area contributed by atoms with Crippen molar-refractivity contribution in [3.05, 3.63) is 53.3 Å². The Morgan fingerprint density at radius 2 is 1.94 bits per heavy atom. The molecule has 92 valence electrons. The van der Waals surface area contributed by atoms with Gasteiger partial charge in [-0.2, -0.15) is 0 Å². The molecule has 0 spiro atoms. The number of pyridine rings is 1. The van der Waals surface area contributed by atoms with Gasteiger partial charge in [0.2, 0.25) is 0 Å². The Morgan fingerprint density at radius 3 is 2.61 bits per heavy atom. The zero-order chi connectivity index (χ0) is 13.1. The van der Waals surface area contributed by atoms with Crippen molar-refractivity contribution in [2.24, 2.45) is 0 Å². The molecule has 18 heavy (non-hydrogen) atoms. The molecule has 0 saturated heterocycles. The van der Waals surface area contributed by atoms with Crippen molar-refractivity contribution in [3.8, 4) is 0 Å². The molecule has 0 aliphatic carbocycles. The largest absolute Gasteiger partial charge is 0.397 e. The molecule has 0 radical (unpaired) electrons. The zero-order valence-electron chi connectivity index (χ0n) is 9.80. The number of para-hydroxylation sites is 1. The Labute approximate surface area is 110 Å². The van der Waals surface area contributed by atoms with E-state index >= 15 is 0 Å². The second-order valence-corrected chi connectivity index (χ2v) is 4.18. The fourth-order valence-electron chi connectivity index (χ4n) is 1.59. The standard InChI is InChI=1S/C13H12ClN3O/c1-17(9-5-7-16-8-6-9)13(18)10-3-2-4-11(14)12(10)15/h2-8H,15H2,1H3. The van der Waals surface area contributed by atoms with Gasteiger partial charge in [0.25, 0.3) is 5.91 Å². The molecule has 0 saturated carbocycles. The molecular weight excluding hydrogens is 250 g/mol. The summed E-state index contributed by atoms with van der Waals surface area (Å²) >= 11 is 5.90. The Kier molecular flexibility index (Phi) is 3.48. The van der Waals surface area contributed by atoms with E-state index in [0.29, 0.717) is 16.3 Å². The van der Waals surface area contributed by atoms with Crippen molar-refractivity contribution < 1.29 is 4.79 Å². The molecule has 0 unspecified atom stereocenters. The van der Waals surface area contributed by atoms with E-state index < -0.39 is 0 Å². The van der Waals surface area contributed by atoms with Crippen LogP contribution in [-0.4, -0.2) is 17.9 Å². The highest BCUT2D eigenvalue weighted by molar-refractivity contribution is 6.34. The van der Waals surface area contributed by atoms with Gasteiger partial charge in [-0.15, -0.1) is 0 Å². The Hall–Kier alpha value is -2.07. The molecular formula is C13H12ClN3O. The lowest BCUT2D eigenvalue weighted by atomic mass is 10.1. The molecule has 4 nitrogen and oxygen atoms in total. The van der Waals surface area contributed by atoms with E-state index in [-0.39, 0.29) is 5.91 Å². The van der Waals surface area contributed by atoms with Crippen LogP contribution in [0.2, 0.25) is 5.02 Å². The van der Waals surface area contributed by atoms with Crippen LogP contribution in [0.1, 0.15) is 10.4 Å². The van der Waals surface area contributed by atoms with E-state index in [1.54, 1.807) is 49.8 Å². The Bertz CT molecular complexity index is 572. The van der Waals surface area contributed by atoms with Gasteiger partial charge < -0.3 is 10.6 Å². The summed E-state index contributed by atoms with van der Waals surface area (Å²) in [7, 11) is 1.68. The number of nitrogens with zero attached hydrogens (tertiary/aromatic N) is 2. The van der Waals surface area contributed by atoms with Gasteiger partial charge in [-0.05, 0) is 24.3 Å². The van der Waals surface area contributed by atoms with Crippen LogP contribution in [-0.2, 0) is 0 Å². The lowest BCUT2D eigenvalue weighted by Gasteiger charge is -2.18. The van der Waals surface area contributed by atoms with Crippen molar-refractivity contribution in [3.63, 3.8) is 0 Å². The van der Waals surface area contributed by atoms with Gasteiger partial charge in [-0.3, -0.25) is 9.78 Å². The number of amides is 1. The van der Waals surface area contributed by atoms with Crippen LogP contribution in [0.3, 0.4) is 0 Å². The van der Waals surface area contributed by atoms with Crippen molar-refractivity contribution in [1.29, 1.82) is 0 Å². The first-order chi connectivity index (χ1) is 8.61. The van der Waals surface area contributed by atoms with Crippen molar-refractivity contribution in [1.82, 2.24) is 4.98 Å². The van der Waals surface area contributed by atoms with Gasteiger partial charge >= 0.3 is 0 Å². The molecule has 0 bridgehead atoms. The highest BCUT2D eigenvalue weighted by Crippen LogP contribution is 2.24. The molecule has 0 fully saturated rings. The van der Waals surface area contributed by atoms with E-state index in [1.807, 2.05) is 0 Å². The quantitative estimate of drug-likeness (QED) is 0.846. The van der Waals surface area contributed by atoms with Crippen molar-refractivity contribution in [2.75, 3.05) is 17.7 Å². The van der Waals surface area contributed by atoms with Crippen LogP contribution in [0.5, 0.6) is 0 Å². The fraction of sp³-hybridized carbons (Fsp3) is 0.0769. The van der Waals surface area contributed by atoms with Crippen molar-refractivity contribution in [2.45, 2.75) is 0 Å². The van der Waals surface area contributed by atoms with Crippen LogP contribution in [0.15, 0.2) is 42.7 Å². The van der Waals surface area contributed by atoms with Crippen LogP contribution >= 0.6 is 11.6 Å². The number of carbonyl (C=O) groups is 1. The molecule has 5 heteroatoms. The number of halogens is 1. The summed E-state index contributed by atoms with van der Waals surface area (Å²) in [5.74, 6) is -0.207. The van der Waals surface area contributed by atoms with Crippen LogP contribution in [0, 0.1) is 0 Å². The summed E-state index contributed by atoms with van der Waals surface area (Å²) in [6.07, 6.45) is 3.25. The summed E-state index contributed by atoms with van der Waals surface area (Å²) in [6, 6.07) is 8.50. The number of hydrogen-bond donors (Lipinski definition) is 1. The number of nitrogens with two attached hydrogens (primary N) is 1. The monoisotopic (exact) mass is 261 g/mol. The van der Waals surface area contributed by atoms with Gasteiger partial charge in [0, 0.05) is 25.1 Å². The maximum atomic E-state index is 12.3. The smallest absolute Gasteiger partial charge is 0.260 e. The van der Waals surface area contributed by atoms with Crippen molar-refractivity contribution >= 4 is 28.9 Å². The molecule has 2 N–H and O–H groups in total. The zero-order valence-corrected chi connectivity index (χ0v) is 10.6. The molecule has 2 rings (SSSR count). The molecule has 2 aromatic rings. The summed E-state index contributed by atoms with van der Waals surface area (Å²) in [5.41, 5.74) is 7.24. The first kappa shape index (κ1) is 12.4.